The minimum Gasteiger partial charge on any atom is -0.308 e. The summed E-state index contributed by atoms with van der Waals surface area (Å²) in [6.07, 6.45) is 4.61. The third kappa shape index (κ3) is 3.27. The van der Waals surface area contributed by atoms with Crippen LogP contribution in [0.15, 0.2) is 10.7 Å². The maximum absolute atomic E-state index is 4.54. The highest BCUT2D eigenvalue weighted by atomic mass is 79.9. The minimum atomic E-state index is 0.144. The largest absolute Gasteiger partial charge is 0.308 e. The zero-order valence-corrected chi connectivity index (χ0v) is 13.7. The molecule has 7 heteroatoms. The van der Waals surface area contributed by atoms with Gasteiger partial charge in [-0.15, -0.1) is 0 Å². The Hall–Kier alpha value is -1.21. The van der Waals surface area contributed by atoms with Gasteiger partial charge in [-0.2, -0.15) is 20.5 Å². The van der Waals surface area contributed by atoms with Gasteiger partial charge in [-0.05, 0) is 35.3 Å². The van der Waals surface area contributed by atoms with Crippen molar-refractivity contribution in [3.8, 4) is 0 Å². The molecule has 0 aliphatic heterocycles. The first-order valence-electron chi connectivity index (χ1n) is 6.96. The van der Waals surface area contributed by atoms with E-state index in [2.05, 4.69) is 55.6 Å². The van der Waals surface area contributed by atoms with Crippen LogP contribution >= 0.6 is 15.9 Å². The summed E-state index contributed by atoms with van der Waals surface area (Å²) in [7, 11) is 1.99. The predicted octanol–water partition coefficient (Wildman–Crippen LogP) is 2.15. The Kier molecular flexibility index (Phi) is 5.31. The predicted molar refractivity (Wildman–Crippen MR) is 81.4 cm³/mol. The molecule has 2 aromatic rings. The Morgan fingerprint density at radius 2 is 2.25 bits per heavy atom. The van der Waals surface area contributed by atoms with E-state index in [1.54, 1.807) is 6.20 Å². The van der Waals surface area contributed by atoms with Gasteiger partial charge in [0.1, 0.15) is 0 Å². The van der Waals surface area contributed by atoms with Crippen molar-refractivity contribution in [1.29, 1.82) is 0 Å². The quantitative estimate of drug-likeness (QED) is 0.810. The summed E-state index contributed by atoms with van der Waals surface area (Å²) in [6.45, 7) is 5.22. The number of hydrogen-bond donors (Lipinski definition) is 2. The van der Waals surface area contributed by atoms with Crippen LogP contribution in [0, 0.1) is 0 Å². The van der Waals surface area contributed by atoms with Gasteiger partial charge in [0, 0.05) is 13.5 Å². The van der Waals surface area contributed by atoms with Gasteiger partial charge in [0.15, 0.2) is 0 Å². The molecule has 0 fully saturated rings. The maximum Gasteiger partial charge on any atom is 0.0997 e. The van der Waals surface area contributed by atoms with Crippen LogP contribution in [-0.2, 0) is 19.9 Å². The molecule has 0 radical (unpaired) electrons. The van der Waals surface area contributed by atoms with E-state index in [1.807, 2.05) is 11.7 Å². The molecule has 0 saturated carbocycles. The van der Waals surface area contributed by atoms with E-state index < -0.39 is 0 Å². The Bertz CT molecular complexity index is 533. The van der Waals surface area contributed by atoms with E-state index in [0.717, 1.165) is 41.7 Å². The molecule has 0 aromatic carbocycles. The van der Waals surface area contributed by atoms with Crippen LogP contribution in [0.3, 0.4) is 0 Å². The molecule has 0 saturated heterocycles. The molecule has 0 bridgehead atoms. The molecular formula is C13H21BrN6. The van der Waals surface area contributed by atoms with Gasteiger partial charge in [0.05, 0.1) is 33.8 Å². The van der Waals surface area contributed by atoms with Gasteiger partial charge >= 0.3 is 0 Å². The van der Waals surface area contributed by atoms with Crippen molar-refractivity contribution in [3.05, 3.63) is 27.8 Å². The van der Waals surface area contributed by atoms with Crippen molar-refractivity contribution in [2.45, 2.75) is 39.2 Å². The van der Waals surface area contributed by atoms with Crippen molar-refractivity contribution >= 4 is 15.9 Å². The van der Waals surface area contributed by atoms with E-state index in [-0.39, 0.29) is 6.04 Å². The highest BCUT2D eigenvalue weighted by Crippen LogP contribution is 2.26. The van der Waals surface area contributed by atoms with Crippen LogP contribution in [0.4, 0.5) is 0 Å². The van der Waals surface area contributed by atoms with Crippen LogP contribution in [0.1, 0.15) is 43.4 Å². The molecule has 2 heterocycles. The second-order valence-electron chi connectivity index (χ2n) is 4.79. The monoisotopic (exact) mass is 340 g/mol. The van der Waals surface area contributed by atoms with Crippen molar-refractivity contribution in [2.24, 2.45) is 7.05 Å². The molecule has 1 atom stereocenters. The van der Waals surface area contributed by atoms with Gasteiger partial charge in [-0.25, -0.2) is 0 Å². The Morgan fingerprint density at radius 1 is 1.45 bits per heavy atom. The van der Waals surface area contributed by atoms with E-state index in [0.29, 0.717) is 0 Å². The third-order valence-corrected chi connectivity index (χ3v) is 4.25. The summed E-state index contributed by atoms with van der Waals surface area (Å²) in [6, 6.07) is 0.144. The number of nitrogens with one attached hydrogen (secondary N) is 2. The van der Waals surface area contributed by atoms with Crippen LogP contribution in [0.25, 0.3) is 0 Å². The molecule has 0 aliphatic rings. The van der Waals surface area contributed by atoms with Crippen molar-refractivity contribution in [3.63, 3.8) is 0 Å². The lowest BCUT2D eigenvalue weighted by Crippen LogP contribution is -2.25. The molecule has 20 heavy (non-hydrogen) atoms. The molecule has 6 nitrogen and oxygen atoms in total. The standard InChI is InChI=1S/C13H21BrN6/c1-4-6-15-10(11-8-16-19-17-11)7-12-13(14)9(5-2)18-20(12)3/h8,10,15H,4-7H2,1-3H3,(H,16,17,19). The zero-order chi connectivity index (χ0) is 14.5. The maximum atomic E-state index is 4.54. The van der Waals surface area contributed by atoms with Crippen molar-refractivity contribution in [1.82, 2.24) is 30.5 Å². The molecule has 2 aromatic heterocycles. The number of aryl methyl sites for hydroxylation is 2. The number of halogens is 1. The van der Waals surface area contributed by atoms with Gasteiger partial charge in [0.25, 0.3) is 0 Å². The Labute approximate surface area is 127 Å². The first kappa shape index (κ1) is 15.2. The van der Waals surface area contributed by atoms with E-state index in [9.17, 15) is 0 Å². The zero-order valence-electron chi connectivity index (χ0n) is 12.1. The number of rotatable bonds is 7. The molecule has 0 aliphatic carbocycles. The molecule has 2 N–H and O–H groups in total. The number of aromatic amines is 1. The van der Waals surface area contributed by atoms with Gasteiger partial charge in [0.2, 0.25) is 0 Å². The average molecular weight is 341 g/mol. The van der Waals surface area contributed by atoms with Crippen molar-refractivity contribution in [2.75, 3.05) is 6.54 Å². The first-order chi connectivity index (χ1) is 9.67. The van der Waals surface area contributed by atoms with Crippen LogP contribution < -0.4 is 5.32 Å². The fourth-order valence-corrected chi connectivity index (χ4v) is 2.99. The SMILES string of the molecule is CCCNC(Cc1c(Br)c(CC)nn1C)c1cn[nH]n1. The number of hydrogen-bond acceptors (Lipinski definition) is 4. The summed E-state index contributed by atoms with van der Waals surface area (Å²) in [4.78, 5) is 0. The Balaban J connectivity index is 2.21. The van der Waals surface area contributed by atoms with Gasteiger partial charge in [-0.3, -0.25) is 4.68 Å². The summed E-state index contributed by atoms with van der Waals surface area (Å²) < 4.78 is 3.05. The summed E-state index contributed by atoms with van der Waals surface area (Å²) >= 11 is 3.67. The normalized spacial score (nSPS) is 12.8. The topological polar surface area (TPSA) is 71.4 Å². The lowest BCUT2D eigenvalue weighted by Gasteiger charge is -2.16. The van der Waals surface area contributed by atoms with Crippen LogP contribution in [0.2, 0.25) is 0 Å². The van der Waals surface area contributed by atoms with Crippen molar-refractivity contribution < 1.29 is 0 Å². The van der Waals surface area contributed by atoms with E-state index in [4.69, 9.17) is 0 Å². The third-order valence-electron chi connectivity index (χ3n) is 3.33. The Morgan fingerprint density at radius 3 is 2.80 bits per heavy atom. The molecule has 0 spiro atoms. The molecule has 0 amide bonds. The average Bonchev–Trinajstić information content (AvgIpc) is 3.05. The molecule has 1 unspecified atom stereocenters. The smallest absolute Gasteiger partial charge is 0.0997 e. The van der Waals surface area contributed by atoms with Gasteiger partial charge in [-0.1, -0.05) is 13.8 Å². The fourth-order valence-electron chi connectivity index (χ4n) is 2.21. The molecule has 110 valence electrons. The number of H-pyrrole nitrogens is 1. The summed E-state index contributed by atoms with van der Waals surface area (Å²) in [5, 5.41) is 18.9. The molecular weight excluding hydrogens is 320 g/mol. The van der Waals surface area contributed by atoms with Gasteiger partial charge < -0.3 is 5.32 Å². The number of nitrogens with zero attached hydrogens (tertiary/aromatic N) is 4. The van der Waals surface area contributed by atoms with Crippen LogP contribution in [0.5, 0.6) is 0 Å². The van der Waals surface area contributed by atoms with Crippen LogP contribution in [-0.4, -0.2) is 31.7 Å². The lowest BCUT2D eigenvalue weighted by atomic mass is 10.1. The summed E-state index contributed by atoms with van der Waals surface area (Å²) in [5.41, 5.74) is 3.21. The van der Waals surface area contributed by atoms with E-state index in [1.165, 1.54) is 5.69 Å². The minimum absolute atomic E-state index is 0.144. The number of aromatic nitrogens is 5. The second-order valence-corrected chi connectivity index (χ2v) is 5.58. The first-order valence-corrected chi connectivity index (χ1v) is 7.75. The fraction of sp³-hybridized carbons (Fsp3) is 0.615. The summed E-state index contributed by atoms with van der Waals surface area (Å²) in [5.74, 6) is 0. The molecule has 2 rings (SSSR count). The highest BCUT2D eigenvalue weighted by Gasteiger charge is 2.20. The lowest BCUT2D eigenvalue weighted by molar-refractivity contribution is 0.500. The highest BCUT2D eigenvalue weighted by molar-refractivity contribution is 9.10. The second kappa shape index (κ2) is 6.99. The van der Waals surface area contributed by atoms with E-state index >= 15 is 0 Å².